The number of hydrogen-bond donors (Lipinski definition) is 1. The molecule has 1 aromatic carbocycles. The average molecular weight is 254 g/mol. The molecule has 2 rings (SSSR count). The number of aromatic nitrogens is 3. The first-order valence-electron chi connectivity index (χ1n) is 4.70. The number of halogens is 1. The molecular weight excluding hydrogens is 246 g/mol. The minimum atomic E-state index is -0.620. The van der Waals surface area contributed by atoms with Crippen LogP contribution >= 0.6 is 11.6 Å². The van der Waals surface area contributed by atoms with E-state index in [1.165, 1.54) is 6.92 Å². The van der Waals surface area contributed by atoms with Gasteiger partial charge in [0.2, 0.25) is 5.82 Å². The van der Waals surface area contributed by atoms with Crippen LogP contribution in [0.2, 0.25) is 5.02 Å². The number of H-pyrrole nitrogens is 1. The lowest BCUT2D eigenvalue weighted by atomic mass is 10.2. The number of benzene rings is 1. The number of nitrogens with zero attached hydrogens (tertiary/aromatic N) is 2. The second-order valence-electron chi connectivity index (χ2n) is 3.24. The van der Waals surface area contributed by atoms with Crippen LogP contribution in [-0.4, -0.2) is 20.9 Å². The SMILES string of the molecule is CC(=O)On1c(-c2ccc(Cl)cc2)n[nH]c1=O. The van der Waals surface area contributed by atoms with Gasteiger partial charge in [0, 0.05) is 17.5 Å². The van der Waals surface area contributed by atoms with Gasteiger partial charge in [0.05, 0.1) is 0 Å². The summed E-state index contributed by atoms with van der Waals surface area (Å²) in [5, 5.41) is 6.54. The lowest BCUT2D eigenvalue weighted by Gasteiger charge is -2.03. The molecule has 0 atom stereocenters. The first-order chi connectivity index (χ1) is 8.08. The van der Waals surface area contributed by atoms with Gasteiger partial charge < -0.3 is 4.84 Å². The first kappa shape index (κ1) is 11.4. The van der Waals surface area contributed by atoms with Gasteiger partial charge in [-0.15, -0.1) is 5.10 Å². The number of rotatable bonds is 2. The normalized spacial score (nSPS) is 10.2. The fraction of sp³-hybridized carbons (Fsp3) is 0.100. The Bertz CT molecular complexity index is 600. The Morgan fingerprint density at radius 1 is 1.41 bits per heavy atom. The van der Waals surface area contributed by atoms with Crippen molar-refractivity contribution >= 4 is 17.6 Å². The van der Waals surface area contributed by atoms with E-state index in [-0.39, 0.29) is 5.82 Å². The van der Waals surface area contributed by atoms with Gasteiger partial charge in [-0.3, -0.25) is 0 Å². The molecule has 0 spiro atoms. The lowest BCUT2D eigenvalue weighted by Crippen LogP contribution is -2.28. The number of nitrogens with one attached hydrogen (secondary N) is 1. The molecule has 0 amide bonds. The zero-order valence-electron chi connectivity index (χ0n) is 8.81. The summed E-state index contributed by atoms with van der Waals surface area (Å²) >= 11 is 5.75. The topological polar surface area (TPSA) is 77.0 Å². The van der Waals surface area contributed by atoms with Crippen LogP contribution in [0.4, 0.5) is 0 Å². The Morgan fingerprint density at radius 3 is 2.65 bits per heavy atom. The summed E-state index contributed by atoms with van der Waals surface area (Å²) in [5.74, 6) is -0.398. The third-order valence-corrected chi connectivity index (χ3v) is 2.21. The van der Waals surface area contributed by atoms with Crippen molar-refractivity contribution in [3.63, 3.8) is 0 Å². The van der Waals surface area contributed by atoms with Crippen molar-refractivity contribution in [2.75, 3.05) is 0 Å². The van der Waals surface area contributed by atoms with Crippen LogP contribution < -0.4 is 10.5 Å². The summed E-state index contributed by atoms with van der Waals surface area (Å²) < 4.78 is 0.797. The van der Waals surface area contributed by atoms with Crippen LogP contribution in [0.15, 0.2) is 29.1 Å². The van der Waals surface area contributed by atoms with E-state index in [4.69, 9.17) is 16.4 Å². The molecule has 0 radical (unpaired) electrons. The van der Waals surface area contributed by atoms with Crippen LogP contribution in [0.1, 0.15) is 6.92 Å². The fourth-order valence-corrected chi connectivity index (χ4v) is 1.41. The van der Waals surface area contributed by atoms with E-state index < -0.39 is 11.7 Å². The second-order valence-corrected chi connectivity index (χ2v) is 3.67. The van der Waals surface area contributed by atoms with Crippen LogP contribution in [-0.2, 0) is 4.79 Å². The lowest BCUT2D eigenvalue weighted by molar-refractivity contribution is -0.141. The minimum absolute atomic E-state index is 0.210. The van der Waals surface area contributed by atoms with Gasteiger partial charge in [0.15, 0.2) is 0 Å². The van der Waals surface area contributed by atoms with E-state index in [1.807, 2.05) is 0 Å². The predicted octanol–water partition coefficient (Wildman–Crippen LogP) is 0.867. The zero-order chi connectivity index (χ0) is 12.4. The van der Waals surface area contributed by atoms with E-state index in [0.29, 0.717) is 10.6 Å². The van der Waals surface area contributed by atoms with Crippen LogP contribution in [0.5, 0.6) is 0 Å². The fourth-order valence-electron chi connectivity index (χ4n) is 1.28. The highest BCUT2D eigenvalue weighted by molar-refractivity contribution is 6.30. The monoisotopic (exact) mass is 253 g/mol. The molecule has 1 N–H and O–H groups in total. The highest BCUT2D eigenvalue weighted by Crippen LogP contribution is 2.17. The van der Waals surface area contributed by atoms with Gasteiger partial charge in [-0.2, -0.15) is 0 Å². The molecule has 2 aromatic rings. The van der Waals surface area contributed by atoms with Crippen molar-refractivity contribution in [1.29, 1.82) is 0 Å². The summed E-state index contributed by atoms with van der Waals surface area (Å²) in [7, 11) is 0. The molecule has 0 fully saturated rings. The average Bonchev–Trinajstić information content (AvgIpc) is 2.61. The van der Waals surface area contributed by atoms with Gasteiger partial charge in [-0.25, -0.2) is 14.7 Å². The van der Waals surface area contributed by atoms with Crippen LogP contribution in [0.25, 0.3) is 11.4 Å². The maximum Gasteiger partial charge on any atom is 0.377 e. The van der Waals surface area contributed by atoms with E-state index in [1.54, 1.807) is 24.3 Å². The Labute approximate surface area is 101 Å². The van der Waals surface area contributed by atoms with Crippen LogP contribution in [0, 0.1) is 0 Å². The maximum atomic E-state index is 11.4. The summed E-state index contributed by atoms with van der Waals surface area (Å²) in [5.41, 5.74) is -0.0147. The summed E-state index contributed by atoms with van der Waals surface area (Å²) in [6.45, 7) is 1.20. The molecule has 1 aromatic heterocycles. The summed E-state index contributed by atoms with van der Waals surface area (Å²) in [6, 6.07) is 6.62. The van der Waals surface area contributed by atoms with Gasteiger partial charge >= 0.3 is 11.7 Å². The van der Waals surface area contributed by atoms with Crippen molar-refractivity contribution in [1.82, 2.24) is 14.9 Å². The van der Waals surface area contributed by atoms with Crippen molar-refractivity contribution in [2.24, 2.45) is 0 Å². The molecule has 0 aliphatic rings. The quantitative estimate of drug-likeness (QED) is 0.861. The Kier molecular flexibility index (Phi) is 2.97. The Hall–Kier alpha value is -2.08. The largest absolute Gasteiger partial charge is 0.377 e. The zero-order valence-corrected chi connectivity index (χ0v) is 9.56. The van der Waals surface area contributed by atoms with E-state index in [9.17, 15) is 9.59 Å². The molecule has 0 aliphatic heterocycles. The number of aromatic amines is 1. The molecule has 6 nitrogen and oxygen atoms in total. The molecule has 0 saturated carbocycles. The molecule has 1 heterocycles. The predicted molar refractivity (Wildman–Crippen MR) is 60.6 cm³/mol. The highest BCUT2D eigenvalue weighted by atomic mass is 35.5. The van der Waals surface area contributed by atoms with Gasteiger partial charge in [0.25, 0.3) is 0 Å². The van der Waals surface area contributed by atoms with Gasteiger partial charge in [-0.1, -0.05) is 16.3 Å². The van der Waals surface area contributed by atoms with Crippen LogP contribution in [0.3, 0.4) is 0 Å². The van der Waals surface area contributed by atoms with Crippen molar-refractivity contribution in [2.45, 2.75) is 6.92 Å². The van der Waals surface area contributed by atoms with Crippen molar-refractivity contribution in [3.05, 3.63) is 39.8 Å². The van der Waals surface area contributed by atoms with E-state index in [0.717, 1.165) is 4.73 Å². The standard InChI is InChI=1S/C10H8ClN3O3/c1-6(15)17-14-9(12-13-10(14)16)7-2-4-8(11)5-3-7/h2-5H,1H3,(H,13,16). The molecule has 17 heavy (non-hydrogen) atoms. The molecule has 0 bridgehead atoms. The Morgan fingerprint density at radius 2 is 2.06 bits per heavy atom. The first-order valence-corrected chi connectivity index (χ1v) is 5.08. The molecule has 0 unspecified atom stereocenters. The van der Waals surface area contributed by atoms with Crippen molar-refractivity contribution in [3.8, 4) is 11.4 Å². The second kappa shape index (κ2) is 4.42. The highest BCUT2D eigenvalue weighted by Gasteiger charge is 2.13. The maximum absolute atomic E-state index is 11.4. The third kappa shape index (κ3) is 2.36. The number of hydrogen-bond acceptors (Lipinski definition) is 4. The molecular formula is C10H8ClN3O3. The Balaban J connectivity index is 2.48. The molecule has 7 heteroatoms. The molecule has 88 valence electrons. The summed E-state index contributed by atoms with van der Waals surface area (Å²) in [6.07, 6.45) is 0. The number of carbonyl (C=O) groups excluding carboxylic acids is 1. The molecule has 0 saturated heterocycles. The third-order valence-electron chi connectivity index (χ3n) is 1.96. The smallest absolute Gasteiger partial charge is 0.330 e. The molecule has 0 aliphatic carbocycles. The van der Waals surface area contributed by atoms with E-state index >= 15 is 0 Å². The van der Waals surface area contributed by atoms with Gasteiger partial charge in [-0.05, 0) is 24.3 Å². The summed E-state index contributed by atoms with van der Waals surface area (Å²) in [4.78, 5) is 27.0. The van der Waals surface area contributed by atoms with Crippen molar-refractivity contribution < 1.29 is 9.63 Å². The minimum Gasteiger partial charge on any atom is -0.330 e. The van der Waals surface area contributed by atoms with E-state index in [2.05, 4.69) is 10.2 Å². The van der Waals surface area contributed by atoms with Gasteiger partial charge in [0.1, 0.15) is 0 Å². The number of carbonyl (C=O) groups is 1.